The number of ether oxygens (including phenoxy) is 3. The fourth-order valence-electron chi connectivity index (χ4n) is 2.42. The minimum atomic E-state index is -4.94. The Morgan fingerprint density at radius 3 is 2.26 bits per heavy atom. The topological polar surface area (TPSA) is 61.8 Å². The average Bonchev–Trinajstić information content (AvgIpc) is 2.72. The molecule has 0 fully saturated rings. The minimum Gasteiger partial charge on any atom is -0.490 e. The number of alkyl halides is 3. The lowest BCUT2D eigenvalue weighted by atomic mass is 10.2. The molecule has 166 valence electrons. The molecule has 0 saturated heterocycles. The Balaban J connectivity index is 2.24. The van der Waals surface area contributed by atoms with Gasteiger partial charge in [0.15, 0.2) is 11.5 Å². The Labute approximate surface area is 178 Å². The first kappa shape index (κ1) is 24.0. The maximum absolute atomic E-state index is 12.8. The summed E-state index contributed by atoms with van der Waals surface area (Å²) >= 11 is 0. The van der Waals surface area contributed by atoms with Gasteiger partial charge in [-0.1, -0.05) is 44.0 Å². The quantitative estimate of drug-likeness (QED) is 0.215. The smallest absolute Gasteiger partial charge is 0.422 e. The van der Waals surface area contributed by atoms with Crippen LogP contribution >= 0.6 is 0 Å². The zero-order valence-corrected chi connectivity index (χ0v) is 17.3. The number of benzene rings is 2. The summed E-state index contributed by atoms with van der Waals surface area (Å²) in [5, 5.41) is 0. The van der Waals surface area contributed by atoms with E-state index in [0.717, 1.165) is 24.5 Å². The standard InChI is InChI=1S/C23H23F3O5/c1-4-5-6-13-29-19-12-9-17(22(28)30-18-10-7-15(2)8-11-18)14-20(19)31-21(27)16(3)23(24,25)26/h7-12,14H,3-6,13H2,1-2H3. The van der Waals surface area contributed by atoms with Gasteiger partial charge in [-0.25, -0.2) is 9.59 Å². The SMILES string of the molecule is C=C(C(=O)Oc1cc(C(=O)Oc2ccc(C)cc2)ccc1OCCCCC)C(F)(F)F. The molecule has 31 heavy (non-hydrogen) atoms. The number of rotatable bonds is 9. The van der Waals surface area contributed by atoms with Crippen molar-refractivity contribution in [3.8, 4) is 17.2 Å². The summed E-state index contributed by atoms with van der Waals surface area (Å²) in [5.74, 6) is -2.46. The molecule has 0 amide bonds. The molecular weight excluding hydrogens is 413 g/mol. The van der Waals surface area contributed by atoms with Crippen LogP contribution in [0.5, 0.6) is 17.2 Å². The fraction of sp³-hybridized carbons (Fsp3) is 0.304. The number of hydrogen-bond acceptors (Lipinski definition) is 5. The first-order chi connectivity index (χ1) is 14.6. The van der Waals surface area contributed by atoms with Gasteiger partial charge >= 0.3 is 18.1 Å². The molecule has 0 radical (unpaired) electrons. The van der Waals surface area contributed by atoms with Crippen molar-refractivity contribution in [3.63, 3.8) is 0 Å². The van der Waals surface area contributed by atoms with E-state index in [4.69, 9.17) is 14.2 Å². The first-order valence-corrected chi connectivity index (χ1v) is 9.65. The van der Waals surface area contributed by atoms with E-state index in [1.807, 2.05) is 13.8 Å². The molecule has 2 aromatic carbocycles. The Kier molecular flexibility index (Phi) is 8.24. The van der Waals surface area contributed by atoms with Crippen LogP contribution in [-0.2, 0) is 4.79 Å². The third kappa shape index (κ3) is 7.16. The largest absolute Gasteiger partial charge is 0.490 e. The molecule has 0 unspecified atom stereocenters. The minimum absolute atomic E-state index is 0.0260. The van der Waals surface area contributed by atoms with Crippen molar-refractivity contribution in [2.45, 2.75) is 39.3 Å². The molecule has 0 spiro atoms. The molecule has 0 aliphatic carbocycles. The van der Waals surface area contributed by atoms with Crippen LogP contribution in [0.15, 0.2) is 54.6 Å². The molecule has 0 bridgehead atoms. The van der Waals surface area contributed by atoms with Gasteiger partial charge in [0.1, 0.15) is 11.3 Å². The van der Waals surface area contributed by atoms with E-state index in [-0.39, 0.29) is 23.7 Å². The number of halogens is 3. The molecule has 0 heterocycles. The van der Waals surface area contributed by atoms with Gasteiger partial charge in [0.05, 0.1) is 12.2 Å². The lowest BCUT2D eigenvalue weighted by molar-refractivity contribution is -0.142. The van der Waals surface area contributed by atoms with E-state index in [1.54, 1.807) is 24.3 Å². The van der Waals surface area contributed by atoms with Gasteiger partial charge in [-0.2, -0.15) is 13.2 Å². The van der Waals surface area contributed by atoms with E-state index in [9.17, 15) is 22.8 Å². The van der Waals surface area contributed by atoms with Crippen LogP contribution in [0.1, 0.15) is 42.1 Å². The van der Waals surface area contributed by atoms with Crippen molar-refractivity contribution in [1.82, 2.24) is 0 Å². The van der Waals surface area contributed by atoms with Crippen LogP contribution in [0, 0.1) is 6.92 Å². The number of unbranched alkanes of at least 4 members (excludes halogenated alkanes) is 2. The van der Waals surface area contributed by atoms with Crippen LogP contribution in [0.2, 0.25) is 0 Å². The van der Waals surface area contributed by atoms with Gasteiger partial charge in [0.25, 0.3) is 0 Å². The summed E-state index contributed by atoms with van der Waals surface area (Å²) in [6.45, 7) is 6.88. The van der Waals surface area contributed by atoms with E-state index in [2.05, 4.69) is 6.58 Å². The highest BCUT2D eigenvalue weighted by Gasteiger charge is 2.38. The molecule has 5 nitrogen and oxygen atoms in total. The third-order valence-corrected chi connectivity index (χ3v) is 4.21. The van der Waals surface area contributed by atoms with E-state index in [1.165, 1.54) is 12.1 Å². The Bertz CT molecular complexity index is 933. The van der Waals surface area contributed by atoms with E-state index < -0.39 is 23.7 Å². The molecule has 8 heteroatoms. The summed E-state index contributed by atoms with van der Waals surface area (Å²) in [5.41, 5.74) is -0.720. The summed E-state index contributed by atoms with van der Waals surface area (Å²) in [4.78, 5) is 24.3. The lowest BCUT2D eigenvalue weighted by Crippen LogP contribution is -2.23. The highest BCUT2D eigenvalue weighted by Crippen LogP contribution is 2.32. The number of hydrogen-bond donors (Lipinski definition) is 0. The molecule has 0 aliphatic rings. The van der Waals surface area contributed by atoms with Crippen molar-refractivity contribution in [3.05, 3.63) is 65.7 Å². The van der Waals surface area contributed by atoms with Crippen molar-refractivity contribution < 1.29 is 37.0 Å². The molecule has 0 saturated carbocycles. The Morgan fingerprint density at radius 2 is 1.65 bits per heavy atom. The second-order valence-electron chi connectivity index (χ2n) is 6.79. The summed E-state index contributed by atoms with van der Waals surface area (Å²) in [6, 6.07) is 10.5. The highest BCUT2D eigenvalue weighted by molar-refractivity contribution is 5.94. The van der Waals surface area contributed by atoms with Gasteiger partial charge in [-0.05, 0) is 43.7 Å². The number of carbonyl (C=O) groups is 2. The summed E-state index contributed by atoms with van der Waals surface area (Å²) in [6.07, 6.45) is -2.40. The van der Waals surface area contributed by atoms with Gasteiger partial charge in [0.2, 0.25) is 0 Å². The van der Waals surface area contributed by atoms with Crippen LogP contribution in [0.3, 0.4) is 0 Å². The van der Waals surface area contributed by atoms with Gasteiger partial charge in [0, 0.05) is 0 Å². The van der Waals surface area contributed by atoms with E-state index in [0.29, 0.717) is 12.2 Å². The monoisotopic (exact) mass is 436 g/mol. The van der Waals surface area contributed by atoms with Crippen molar-refractivity contribution in [1.29, 1.82) is 0 Å². The maximum Gasteiger partial charge on any atom is 0.422 e. The van der Waals surface area contributed by atoms with Crippen LogP contribution in [0.4, 0.5) is 13.2 Å². The van der Waals surface area contributed by atoms with Crippen molar-refractivity contribution in [2.75, 3.05) is 6.61 Å². The maximum atomic E-state index is 12.8. The highest BCUT2D eigenvalue weighted by atomic mass is 19.4. The van der Waals surface area contributed by atoms with Gasteiger partial charge < -0.3 is 14.2 Å². The molecule has 2 aromatic rings. The zero-order valence-electron chi connectivity index (χ0n) is 17.3. The Hall–Kier alpha value is -3.29. The molecule has 0 atom stereocenters. The summed E-state index contributed by atoms with van der Waals surface area (Å²) < 4.78 is 53.9. The zero-order chi connectivity index (χ0) is 23.0. The number of carbonyl (C=O) groups excluding carboxylic acids is 2. The van der Waals surface area contributed by atoms with Crippen molar-refractivity contribution in [2.24, 2.45) is 0 Å². The predicted molar refractivity (Wildman–Crippen MR) is 108 cm³/mol. The van der Waals surface area contributed by atoms with Gasteiger partial charge in [-0.15, -0.1) is 0 Å². The second-order valence-corrected chi connectivity index (χ2v) is 6.79. The second kappa shape index (κ2) is 10.7. The Morgan fingerprint density at radius 1 is 0.968 bits per heavy atom. The molecule has 0 aliphatic heterocycles. The van der Waals surface area contributed by atoms with Gasteiger partial charge in [-0.3, -0.25) is 0 Å². The lowest BCUT2D eigenvalue weighted by Gasteiger charge is -2.14. The number of aryl methyl sites for hydroxylation is 1. The predicted octanol–water partition coefficient (Wildman–Crippen LogP) is 5.81. The van der Waals surface area contributed by atoms with Crippen LogP contribution < -0.4 is 14.2 Å². The van der Waals surface area contributed by atoms with Crippen molar-refractivity contribution >= 4 is 11.9 Å². The fourth-order valence-corrected chi connectivity index (χ4v) is 2.42. The van der Waals surface area contributed by atoms with E-state index >= 15 is 0 Å². The average molecular weight is 436 g/mol. The summed E-state index contributed by atoms with van der Waals surface area (Å²) in [7, 11) is 0. The molecule has 2 rings (SSSR count). The first-order valence-electron chi connectivity index (χ1n) is 9.65. The normalized spacial score (nSPS) is 11.0. The number of esters is 2. The third-order valence-electron chi connectivity index (χ3n) is 4.21. The van der Waals surface area contributed by atoms with Crippen LogP contribution in [-0.4, -0.2) is 24.7 Å². The molecular formula is C23H23F3O5. The molecule has 0 aromatic heterocycles. The van der Waals surface area contributed by atoms with Crippen LogP contribution in [0.25, 0.3) is 0 Å². The molecule has 0 N–H and O–H groups in total.